The van der Waals surface area contributed by atoms with E-state index in [2.05, 4.69) is 27.7 Å². The van der Waals surface area contributed by atoms with Gasteiger partial charge in [-0.1, -0.05) is 27.7 Å². The molecule has 0 saturated heterocycles. The number of fused-ring (bicyclic) bond motifs is 1. The van der Waals surface area contributed by atoms with E-state index in [0.717, 1.165) is 12.8 Å². The highest BCUT2D eigenvalue weighted by Gasteiger charge is 2.58. The van der Waals surface area contributed by atoms with Crippen molar-refractivity contribution < 1.29 is 10.2 Å². The van der Waals surface area contributed by atoms with Gasteiger partial charge in [0.05, 0.1) is 11.7 Å². The molecule has 1 unspecified atom stereocenters. The normalized spacial score (nSPS) is 51.8. The van der Waals surface area contributed by atoms with Crippen molar-refractivity contribution in [1.82, 2.24) is 0 Å². The van der Waals surface area contributed by atoms with Gasteiger partial charge in [0, 0.05) is 0 Å². The lowest BCUT2D eigenvalue weighted by molar-refractivity contribution is -0.0856. The van der Waals surface area contributed by atoms with Crippen LogP contribution in [0.1, 0.15) is 66.7 Å². The minimum absolute atomic E-state index is 0.113. The van der Waals surface area contributed by atoms with Crippen LogP contribution in [0.15, 0.2) is 0 Å². The number of hydrogen-bond donors (Lipinski definition) is 2. The Morgan fingerprint density at radius 3 is 2.33 bits per heavy atom. The lowest BCUT2D eigenvalue weighted by atomic mass is 9.60. The Hall–Kier alpha value is -0.0800. The maximum absolute atomic E-state index is 10.6. The third-order valence-corrected chi connectivity index (χ3v) is 6.27. The van der Waals surface area contributed by atoms with Gasteiger partial charge in [0.25, 0.3) is 0 Å². The Kier molecular flexibility index (Phi) is 3.35. The van der Waals surface area contributed by atoms with Crippen LogP contribution >= 0.6 is 0 Å². The highest BCUT2D eigenvalue weighted by molar-refractivity contribution is 5.08. The second kappa shape index (κ2) is 4.21. The molecule has 2 heteroatoms. The van der Waals surface area contributed by atoms with Crippen LogP contribution in [0.4, 0.5) is 0 Å². The number of aliphatic hydroxyl groups excluding tert-OH is 1. The molecule has 2 aliphatic carbocycles. The van der Waals surface area contributed by atoms with Crippen molar-refractivity contribution in [2.45, 2.75) is 78.4 Å². The Morgan fingerprint density at radius 2 is 1.78 bits per heavy atom. The summed E-state index contributed by atoms with van der Waals surface area (Å²) in [7, 11) is 0. The van der Waals surface area contributed by atoms with E-state index >= 15 is 0 Å². The van der Waals surface area contributed by atoms with Crippen molar-refractivity contribution in [3.05, 3.63) is 0 Å². The van der Waals surface area contributed by atoms with Crippen LogP contribution in [0.25, 0.3) is 0 Å². The maximum atomic E-state index is 10.6. The molecule has 2 nitrogen and oxygen atoms in total. The zero-order chi connectivity index (χ0) is 13.8. The van der Waals surface area contributed by atoms with Crippen LogP contribution in [-0.4, -0.2) is 21.9 Å². The van der Waals surface area contributed by atoms with Crippen molar-refractivity contribution in [2.75, 3.05) is 0 Å². The maximum Gasteiger partial charge on any atom is 0.0882 e. The van der Waals surface area contributed by atoms with E-state index in [1.165, 1.54) is 12.8 Å². The molecule has 5 atom stereocenters. The molecule has 106 valence electrons. The Labute approximate surface area is 112 Å². The first kappa shape index (κ1) is 14.3. The van der Waals surface area contributed by atoms with Gasteiger partial charge in [0.2, 0.25) is 0 Å². The summed E-state index contributed by atoms with van der Waals surface area (Å²) in [5.74, 6) is 1.30. The lowest BCUT2D eigenvalue weighted by Crippen LogP contribution is -2.42. The van der Waals surface area contributed by atoms with E-state index < -0.39 is 11.7 Å². The van der Waals surface area contributed by atoms with Crippen molar-refractivity contribution in [3.63, 3.8) is 0 Å². The summed E-state index contributed by atoms with van der Waals surface area (Å²) in [6, 6.07) is 0. The molecule has 0 aromatic carbocycles. The molecule has 2 aliphatic rings. The number of hydrogen-bond acceptors (Lipinski definition) is 2. The topological polar surface area (TPSA) is 40.5 Å². The molecule has 0 radical (unpaired) electrons. The minimum atomic E-state index is -0.935. The fourth-order valence-corrected chi connectivity index (χ4v) is 5.33. The van der Waals surface area contributed by atoms with E-state index in [1.807, 2.05) is 6.92 Å². The van der Waals surface area contributed by atoms with Crippen LogP contribution in [0.5, 0.6) is 0 Å². The fourth-order valence-electron chi connectivity index (χ4n) is 5.33. The van der Waals surface area contributed by atoms with Crippen molar-refractivity contribution >= 4 is 0 Å². The first-order valence-corrected chi connectivity index (χ1v) is 7.56. The molecule has 0 bridgehead atoms. The number of aliphatic hydroxyl groups is 2. The quantitative estimate of drug-likeness (QED) is 0.753. The Bertz CT molecular complexity index is 321. The van der Waals surface area contributed by atoms with Gasteiger partial charge in [0.1, 0.15) is 0 Å². The van der Waals surface area contributed by atoms with E-state index in [0.29, 0.717) is 18.3 Å². The summed E-state index contributed by atoms with van der Waals surface area (Å²) in [6.07, 6.45) is 4.55. The first-order chi connectivity index (χ1) is 8.16. The molecule has 2 fully saturated rings. The molecule has 0 aliphatic heterocycles. The van der Waals surface area contributed by atoms with E-state index in [-0.39, 0.29) is 10.8 Å². The van der Waals surface area contributed by atoms with Crippen molar-refractivity contribution in [3.8, 4) is 0 Å². The zero-order valence-electron chi connectivity index (χ0n) is 12.7. The van der Waals surface area contributed by atoms with Gasteiger partial charge in [-0.25, -0.2) is 0 Å². The first-order valence-electron chi connectivity index (χ1n) is 7.56. The van der Waals surface area contributed by atoms with Gasteiger partial charge in [-0.2, -0.15) is 0 Å². The standard InChI is InChI=1S/C16H30O2/c1-6-16-9-13(17)15(5,18)10-14(3,4)12(16)8-7-11(16)2/h11-13,17-18H,6-10H2,1-5H3/t11-,12?,13+,15-,16-/m1/s1. The second-order valence-electron chi connectivity index (χ2n) is 7.86. The predicted molar refractivity (Wildman–Crippen MR) is 74.3 cm³/mol. The molecule has 0 spiro atoms. The average molecular weight is 254 g/mol. The molecule has 2 N–H and O–H groups in total. The summed E-state index contributed by atoms with van der Waals surface area (Å²) >= 11 is 0. The monoisotopic (exact) mass is 254 g/mol. The van der Waals surface area contributed by atoms with Gasteiger partial charge in [-0.05, 0) is 61.7 Å². The summed E-state index contributed by atoms with van der Waals surface area (Å²) in [4.78, 5) is 0. The molecule has 18 heavy (non-hydrogen) atoms. The lowest BCUT2D eigenvalue weighted by Gasteiger charge is -2.44. The Balaban J connectivity index is 2.46. The molecule has 0 aromatic rings. The van der Waals surface area contributed by atoms with Gasteiger partial charge in [-0.3, -0.25) is 0 Å². The smallest absolute Gasteiger partial charge is 0.0882 e. The highest BCUT2D eigenvalue weighted by Crippen LogP contribution is 2.63. The number of rotatable bonds is 1. The third kappa shape index (κ3) is 1.92. The van der Waals surface area contributed by atoms with Gasteiger partial charge >= 0.3 is 0 Å². The Morgan fingerprint density at radius 1 is 1.17 bits per heavy atom. The van der Waals surface area contributed by atoms with Gasteiger partial charge in [-0.15, -0.1) is 0 Å². The second-order valence-corrected chi connectivity index (χ2v) is 7.86. The molecule has 0 heterocycles. The van der Waals surface area contributed by atoms with Gasteiger partial charge in [0.15, 0.2) is 0 Å². The SMILES string of the molecule is CC[C@]12C[C@H](O)[C@](C)(O)CC(C)(C)C1CC[C@H]2C. The van der Waals surface area contributed by atoms with E-state index in [9.17, 15) is 10.2 Å². The van der Waals surface area contributed by atoms with Crippen molar-refractivity contribution in [2.24, 2.45) is 22.7 Å². The molecule has 2 rings (SSSR count). The largest absolute Gasteiger partial charge is 0.390 e. The third-order valence-electron chi connectivity index (χ3n) is 6.27. The van der Waals surface area contributed by atoms with Crippen LogP contribution in [0.2, 0.25) is 0 Å². The summed E-state index contributed by atoms with van der Waals surface area (Å²) < 4.78 is 0. The molecule has 2 saturated carbocycles. The summed E-state index contributed by atoms with van der Waals surface area (Å²) in [5.41, 5.74) is -0.596. The highest BCUT2D eigenvalue weighted by atomic mass is 16.3. The molecular weight excluding hydrogens is 224 g/mol. The fraction of sp³-hybridized carbons (Fsp3) is 1.00. The van der Waals surface area contributed by atoms with Crippen LogP contribution < -0.4 is 0 Å². The van der Waals surface area contributed by atoms with Crippen LogP contribution in [-0.2, 0) is 0 Å². The molecular formula is C16H30O2. The van der Waals surface area contributed by atoms with Crippen molar-refractivity contribution in [1.29, 1.82) is 0 Å². The van der Waals surface area contributed by atoms with E-state index in [1.54, 1.807) is 0 Å². The van der Waals surface area contributed by atoms with Crippen LogP contribution in [0.3, 0.4) is 0 Å². The molecule has 0 aromatic heterocycles. The zero-order valence-corrected chi connectivity index (χ0v) is 12.7. The summed E-state index contributed by atoms with van der Waals surface area (Å²) in [6.45, 7) is 11.0. The molecule has 0 amide bonds. The minimum Gasteiger partial charge on any atom is -0.390 e. The van der Waals surface area contributed by atoms with Crippen LogP contribution in [0, 0.1) is 22.7 Å². The average Bonchev–Trinajstić information content (AvgIpc) is 2.52. The summed E-state index contributed by atoms with van der Waals surface area (Å²) in [5, 5.41) is 21.0. The van der Waals surface area contributed by atoms with E-state index in [4.69, 9.17) is 0 Å². The predicted octanol–water partition coefficient (Wildman–Crippen LogP) is 3.36. The van der Waals surface area contributed by atoms with Gasteiger partial charge < -0.3 is 10.2 Å².